The molecule has 1 amide bonds. The average molecular weight is 303 g/mol. The van der Waals surface area contributed by atoms with Gasteiger partial charge in [-0.1, -0.05) is 6.58 Å². The number of likely N-dealkylation sites (N-methyl/N-ethyl adjacent to an activating group) is 1. The van der Waals surface area contributed by atoms with Gasteiger partial charge < -0.3 is 9.64 Å². The monoisotopic (exact) mass is 303 g/mol. The van der Waals surface area contributed by atoms with Crippen LogP contribution in [0.5, 0.6) is 5.75 Å². The molecular weight excluding hydrogens is 286 g/mol. The first-order valence-electron chi connectivity index (χ1n) is 6.72. The summed E-state index contributed by atoms with van der Waals surface area (Å²) in [5.41, 5.74) is 1.33. The van der Waals surface area contributed by atoms with Crippen LogP contribution in [0.2, 0.25) is 0 Å². The zero-order valence-electron chi connectivity index (χ0n) is 12.1. The number of hydrogen-bond donors (Lipinski definition) is 0. The van der Waals surface area contributed by atoms with E-state index in [9.17, 15) is 4.79 Å². The summed E-state index contributed by atoms with van der Waals surface area (Å²) in [6.07, 6.45) is 0. The molecule has 1 aromatic heterocycles. The van der Waals surface area contributed by atoms with Gasteiger partial charge in [0.15, 0.2) is 0 Å². The zero-order valence-corrected chi connectivity index (χ0v) is 12.9. The lowest BCUT2D eigenvalue weighted by Gasteiger charge is -2.33. The van der Waals surface area contributed by atoms with E-state index in [2.05, 4.69) is 15.9 Å². The first kappa shape index (κ1) is 14.0. The lowest BCUT2D eigenvalue weighted by Crippen LogP contribution is -2.45. The van der Waals surface area contributed by atoms with Crippen LogP contribution in [0.1, 0.15) is 10.5 Å². The summed E-state index contributed by atoms with van der Waals surface area (Å²) >= 11 is 1.32. The number of piperazine rings is 1. The molecule has 0 unspecified atom stereocenters. The lowest BCUT2D eigenvalue weighted by molar-refractivity contribution is 0.0745. The second-order valence-electron chi connectivity index (χ2n) is 5.15. The van der Waals surface area contributed by atoms with E-state index in [0.29, 0.717) is 18.8 Å². The molecule has 21 heavy (non-hydrogen) atoms. The molecule has 6 heteroatoms. The average Bonchev–Trinajstić information content (AvgIpc) is 2.89. The lowest BCUT2D eigenvalue weighted by atomic mass is 10.1. The Morgan fingerprint density at radius 1 is 1.43 bits per heavy atom. The van der Waals surface area contributed by atoms with E-state index in [1.807, 2.05) is 25.2 Å². The van der Waals surface area contributed by atoms with Gasteiger partial charge in [0.2, 0.25) is 0 Å². The number of fused-ring (bicyclic) bond motifs is 1. The first-order chi connectivity index (χ1) is 10.1. The Morgan fingerprint density at radius 3 is 2.95 bits per heavy atom. The van der Waals surface area contributed by atoms with Crippen LogP contribution >= 0.6 is 11.5 Å². The molecule has 2 heterocycles. The first-order valence-corrected chi connectivity index (χ1v) is 7.49. The maximum atomic E-state index is 12.7. The summed E-state index contributed by atoms with van der Waals surface area (Å²) in [6, 6.07) is 5.65. The number of rotatable bonds is 2. The minimum Gasteiger partial charge on any atom is -0.497 e. The molecule has 0 aliphatic carbocycles. The van der Waals surface area contributed by atoms with Crippen molar-refractivity contribution in [3.8, 4) is 5.75 Å². The number of ether oxygens (including phenoxy) is 1. The van der Waals surface area contributed by atoms with Gasteiger partial charge >= 0.3 is 0 Å². The molecule has 0 bridgehead atoms. The summed E-state index contributed by atoms with van der Waals surface area (Å²) < 4.78 is 10.5. The highest BCUT2D eigenvalue weighted by atomic mass is 32.1. The van der Waals surface area contributed by atoms with Gasteiger partial charge in [0, 0.05) is 30.7 Å². The molecule has 0 radical (unpaired) electrons. The van der Waals surface area contributed by atoms with Crippen molar-refractivity contribution in [2.75, 3.05) is 33.8 Å². The second-order valence-corrected chi connectivity index (χ2v) is 5.96. The molecule has 1 aliphatic heterocycles. The van der Waals surface area contributed by atoms with E-state index < -0.39 is 0 Å². The summed E-state index contributed by atoms with van der Waals surface area (Å²) in [7, 11) is 3.65. The fourth-order valence-electron chi connectivity index (χ4n) is 2.48. The SMILES string of the molecule is C=C1CN(C)CCN1C(=O)c1nsc2cc(OC)ccc12. The van der Waals surface area contributed by atoms with Crippen LogP contribution < -0.4 is 4.74 Å². The van der Waals surface area contributed by atoms with Crippen LogP contribution in [0, 0.1) is 0 Å². The van der Waals surface area contributed by atoms with Gasteiger partial charge in [0.1, 0.15) is 11.4 Å². The van der Waals surface area contributed by atoms with Crippen LogP contribution in [0.4, 0.5) is 0 Å². The van der Waals surface area contributed by atoms with E-state index >= 15 is 0 Å². The Labute approximate surface area is 127 Å². The highest BCUT2D eigenvalue weighted by molar-refractivity contribution is 7.13. The minimum atomic E-state index is -0.0653. The molecule has 0 N–H and O–H groups in total. The summed E-state index contributed by atoms with van der Waals surface area (Å²) in [6.45, 7) is 6.22. The van der Waals surface area contributed by atoms with Crippen LogP contribution in [0.15, 0.2) is 30.5 Å². The number of hydrogen-bond acceptors (Lipinski definition) is 5. The topological polar surface area (TPSA) is 45.7 Å². The molecule has 1 aromatic carbocycles. The highest BCUT2D eigenvalue weighted by Gasteiger charge is 2.26. The van der Waals surface area contributed by atoms with Crippen molar-refractivity contribution >= 4 is 27.5 Å². The Kier molecular flexibility index (Phi) is 3.65. The molecular formula is C15H17N3O2S. The van der Waals surface area contributed by atoms with Crippen LogP contribution in [-0.4, -0.2) is 53.9 Å². The molecule has 110 valence electrons. The Bertz CT molecular complexity index is 710. The van der Waals surface area contributed by atoms with Crippen LogP contribution in [0.3, 0.4) is 0 Å². The smallest absolute Gasteiger partial charge is 0.278 e. The van der Waals surface area contributed by atoms with Gasteiger partial charge in [-0.3, -0.25) is 9.69 Å². The quantitative estimate of drug-likeness (QED) is 0.853. The standard InChI is InChI=1S/C15H17N3O2S/c1-10-9-17(2)6-7-18(10)15(19)14-12-5-4-11(20-3)8-13(12)21-16-14/h4-5,8H,1,6-7,9H2,2-3H3. The number of carbonyl (C=O) groups is 1. The van der Waals surface area contributed by atoms with Crippen molar-refractivity contribution in [3.05, 3.63) is 36.2 Å². The van der Waals surface area contributed by atoms with Crippen molar-refractivity contribution in [3.63, 3.8) is 0 Å². The minimum absolute atomic E-state index is 0.0653. The van der Waals surface area contributed by atoms with E-state index in [-0.39, 0.29) is 5.91 Å². The fraction of sp³-hybridized carbons (Fsp3) is 0.333. The van der Waals surface area contributed by atoms with Crippen LogP contribution in [-0.2, 0) is 0 Å². The van der Waals surface area contributed by atoms with Gasteiger partial charge in [0.05, 0.1) is 11.8 Å². The van der Waals surface area contributed by atoms with Crippen molar-refractivity contribution < 1.29 is 9.53 Å². The molecule has 3 rings (SSSR count). The molecule has 5 nitrogen and oxygen atoms in total. The third-order valence-corrected chi connectivity index (χ3v) is 4.47. The van der Waals surface area contributed by atoms with Crippen LogP contribution in [0.25, 0.3) is 10.1 Å². The molecule has 0 spiro atoms. The number of amides is 1. The second kappa shape index (κ2) is 5.46. The Hall–Kier alpha value is -1.92. The number of methoxy groups -OCH3 is 1. The van der Waals surface area contributed by atoms with Gasteiger partial charge in [-0.15, -0.1) is 0 Å². The van der Waals surface area contributed by atoms with Gasteiger partial charge in [0.25, 0.3) is 5.91 Å². The largest absolute Gasteiger partial charge is 0.497 e. The Morgan fingerprint density at radius 2 is 2.24 bits per heavy atom. The number of benzene rings is 1. The van der Waals surface area contributed by atoms with E-state index in [1.54, 1.807) is 12.0 Å². The third-order valence-electron chi connectivity index (χ3n) is 3.67. The van der Waals surface area contributed by atoms with Crippen molar-refractivity contribution in [2.45, 2.75) is 0 Å². The molecule has 0 saturated carbocycles. The normalized spacial score (nSPS) is 16.5. The van der Waals surface area contributed by atoms with E-state index in [0.717, 1.165) is 28.1 Å². The predicted octanol–water partition coefficient (Wildman–Crippen LogP) is 2.21. The zero-order chi connectivity index (χ0) is 15.0. The van der Waals surface area contributed by atoms with Crippen molar-refractivity contribution in [1.82, 2.24) is 14.2 Å². The van der Waals surface area contributed by atoms with Crippen molar-refractivity contribution in [1.29, 1.82) is 0 Å². The van der Waals surface area contributed by atoms with Gasteiger partial charge in [-0.2, -0.15) is 4.37 Å². The van der Waals surface area contributed by atoms with E-state index in [4.69, 9.17) is 4.74 Å². The maximum absolute atomic E-state index is 12.7. The molecule has 1 aliphatic rings. The molecule has 1 saturated heterocycles. The van der Waals surface area contributed by atoms with Gasteiger partial charge in [-0.25, -0.2) is 0 Å². The third kappa shape index (κ3) is 2.52. The Balaban J connectivity index is 1.93. The summed E-state index contributed by atoms with van der Waals surface area (Å²) in [4.78, 5) is 16.6. The molecule has 2 aromatic rings. The van der Waals surface area contributed by atoms with Crippen molar-refractivity contribution in [2.24, 2.45) is 0 Å². The highest BCUT2D eigenvalue weighted by Crippen LogP contribution is 2.28. The number of carbonyl (C=O) groups excluding carboxylic acids is 1. The number of nitrogens with zero attached hydrogens (tertiary/aromatic N) is 3. The molecule has 1 fully saturated rings. The summed E-state index contributed by atoms with van der Waals surface area (Å²) in [5.74, 6) is 0.707. The summed E-state index contributed by atoms with van der Waals surface area (Å²) in [5, 5.41) is 0.873. The number of aromatic nitrogens is 1. The predicted molar refractivity (Wildman–Crippen MR) is 83.8 cm³/mol. The fourth-order valence-corrected chi connectivity index (χ4v) is 3.27. The van der Waals surface area contributed by atoms with E-state index in [1.165, 1.54) is 11.5 Å². The molecule has 0 atom stereocenters. The maximum Gasteiger partial charge on any atom is 0.278 e. The van der Waals surface area contributed by atoms with Gasteiger partial charge in [-0.05, 0) is 36.8 Å².